The molecule has 15 heteroatoms. The minimum atomic E-state index is -1.71. The Hall–Kier alpha value is -3.35. The zero-order valence-electron chi connectivity index (χ0n) is 21.7. The Morgan fingerprint density at radius 3 is 1.71 bits per heavy atom. The second-order valence-corrected chi connectivity index (χ2v) is 9.95. The fourth-order valence-corrected chi connectivity index (χ4v) is 4.75. The SMILES string of the molecule is O=c1cc(-c2ccc(OC3O[C@H](CO)[C@@H](O)[C@H](O)[C@H]3O)cc2)oc2cc(OC3O[C@H](CO)[C@@H](O)[C@H](O)[C@H]3O)cc(O)c12. The average molecular weight is 595 g/mol. The highest BCUT2D eigenvalue weighted by Crippen LogP contribution is 2.34. The molecular formula is C27H30O15. The fraction of sp³-hybridized carbons (Fsp3) is 0.444. The van der Waals surface area contributed by atoms with Gasteiger partial charge in [-0.3, -0.25) is 4.79 Å². The lowest BCUT2D eigenvalue weighted by atomic mass is 9.99. The molecule has 2 fully saturated rings. The Kier molecular flexibility index (Phi) is 8.68. The predicted molar refractivity (Wildman–Crippen MR) is 138 cm³/mol. The van der Waals surface area contributed by atoms with E-state index in [-0.39, 0.29) is 28.2 Å². The Morgan fingerprint density at radius 1 is 0.667 bits per heavy atom. The molecule has 0 amide bonds. The summed E-state index contributed by atoms with van der Waals surface area (Å²) in [5.74, 6) is -0.362. The van der Waals surface area contributed by atoms with Crippen LogP contribution in [0.2, 0.25) is 0 Å². The van der Waals surface area contributed by atoms with Crippen LogP contribution in [0.5, 0.6) is 17.2 Å². The second kappa shape index (κ2) is 12.1. The van der Waals surface area contributed by atoms with Crippen molar-refractivity contribution < 1.29 is 69.3 Å². The molecule has 42 heavy (non-hydrogen) atoms. The van der Waals surface area contributed by atoms with Gasteiger partial charge in [-0.15, -0.1) is 0 Å². The van der Waals surface area contributed by atoms with Gasteiger partial charge in [-0.05, 0) is 24.3 Å². The molecule has 228 valence electrons. The van der Waals surface area contributed by atoms with Crippen LogP contribution in [-0.4, -0.2) is 121 Å². The number of phenolic OH excluding ortho intramolecular Hbond substituents is 1. The normalized spacial score (nSPS) is 33.4. The Morgan fingerprint density at radius 2 is 1.19 bits per heavy atom. The number of aliphatic hydroxyl groups excluding tert-OH is 8. The van der Waals surface area contributed by atoms with Crippen LogP contribution in [-0.2, 0) is 9.47 Å². The maximum atomic E-state index is 12.8. The van der Waals surface area contributed by atoms with Crippen molar-refractivity contribution in [3.8, 4) is 28.6 Å². The molecule has 0 spiro atoms. The Balaban J connectivity index is 1.37. The van der Waals surface area contributed by atoms with Gasteiger partial charge in [0.15, 0.2) is 5.43 Å². The number of benzene rings is 2. The van der Waals surface area contributed by atoms with E-state index < -0.39 is 85.8 Å². The monoisotopic (exact) mass is 594 g/mol. The van der Waals surface area contributed by atoms with E-state index in [1.54, 1.807) is 0 Å². The van der Waals surface area contributed by atoms with Crippen molar-refractivity contribution in [1.29, 1.82) is 0 Å². The van der Waals surface area contributed by atoms with E-state index in [0.29, 0.717) is 5.56 Å². The third kappa shape index (κ3) is 5.67. The maximum absolute atomic E-state index is 12.8. The number of hydrogen-bond donors (Lipinski definition) is 9. The van der Waals surface area contributed by atoms with Crippen LogP contribution < -0.4 is 14.9 Å². The van der Waals surface area contributed by atoms with Crippen LogP contribution in [0.1, 0.15) is 0 Å². The maximum Gasteiger partial charge on any atom is 0.229 e. The molecule has 5 rings (SSSR count). The summed E-state index contributed by atoms with van der Waals surface area (Å²) in [5.41, 5.74) is -0.293. The molecule has 9 N–H and O–H groups in total. The van der Waals surface area contributed by atoms with Gasteiger partial charge in [0.05, 0.1) is 13.2 Å². The average Bonchev–Trinajstić information content (AvgIpc) is 2.97. The summed E-state index contributed by atoms with van der Waals surface area (Å²) in [7, 11) is 0. The van der Waals surface area contributed by atoms with Gasteiger partial charge in [0, 0.05) is 23.8 Å². The lowest BCUT2D eigenvalue weighted by Gasteiger charge is -2.39. The van der Waals surface area contributed by atoms with Crippen molar-refractivity contribution in [2.45, 2.75) is 61.4 Å². The first-order valence-electron chi connectivity index (χ1n) is 12.9. The van der Waals surface area contributed by atoms with Crippen LogP contribution in [0.25, 0.3) is 22.3 Å². The molecule has 2 aliphatic rings. The highest BCUT2D eigenvalue weighted by molar-refractivity contribution is 5.86. The topological polar surface area (TPSA) is 249 Å². The summed E-state index contributed by atoms with van der Waals surface area (Å²) in [6, 6.07) is 9.40. The predicted octanol–water partition coefficient (Wildman–Crippen LogP) is -2.48. The molecule has 0 saturated carbocycles. The highest BCUT2D eigenvalue weighted by Gasteiger charge is 2.45. The van der Waals surface area contributed by atoms with E-state index >= 15 is 0 Å². The first-order valence-corrected chi connectivity index (χ1v) is 12.9. The summed E-state index contributed by atoms with van der Waals surface area (Å²) in [4.78, 5) is 12.8. The third-order valence-corrected chi connectivity index (χ3v) is 7.12. The zero-order valence-corrected chi connectivity index (χ0v) is 21.7. The highest BCUT2D eigenvalue weighted by atomic mass is 16.7. The van der Waals surface area contributed by atoms with Crippen molar-refractivity contribution in [1.82, 2.24) is 0 Å². The molecule has 2 aromatic carbocycles. The molecule has 2 unspecified atom stereocenters. The summed E-state index contributed by atoms with van der Waals surface area (Å²) in [6.07, 6.45) is -15.0. The van der Waals surface area contributed by atoms with Crippen LogP contribution in [0, 0.1) is 0 Å². The van der Waals surface area contributed by atoms with Gasteiger partial charge in [0.1, 0.15) is 82.8 Å². The van der Waals surface area contributed by atoms with Gasteiger partial charge in [-0.25, -0.2) is 0 Å². The number of fused-ring (bicyclic) bond motifs is 1. The molecule has 10 atom stereocenters. The van der Waals surface area contributed by atoms with Crippen molar-refractivity contribution in [3.63, 3.8) is 0 Å². The van der Waals surface area contributed by atoms with Crippen LogP contribution in [0.3, 0.4) is 0 Å². The molecule has 2 aliphatic heterocycles. The first-order chi connectivity index (χ1) is 20.0. The van der Waals surface area contributed by atoms with Crippen molar-refractivity contribution >= 4 is 11.0 Å². The van der Waals surface area contributed by atoms with Gasteiger partial charge in [0.2, 0.25) is 12.6 Å². The number of rotatable bonds is 7. The number of ether oxygens (including phenoxy) is 4. The first kappa shape index (κ1) is 30.1. The molecule has 15 nitrogen and oxygen atoms in total. The Labute approximate surface area is 236 Å². The second-order valence-electron chi connectivity index (χ2n) is 9.95. The van der Waals surface area contributed by atoms with E-state index in [4.69, 9.17) is 23.4 Å². The lowest BCUT2D eigenvalue weighted by molar-refractivity contribution is -0.277. The quantitative estimate of drug-likeness (QED) is 0.137. The molecule has 0 radical (unpaired) electrons. The van der Waals surface area contributed by atoms with E-state index in [0.717, 1.165) is 12.1 Å². The number of hydrogen-bond acceptors (Lipinski definition) is 15. The van der Waals surface area contributed by atoms with Gasteiger partial charge >= 0.3 is 0 Å². The molecule has 0 aliphatic carbocycles. The number of aromatic hydroxyl groups is 1. The molecule has 2 saturated heterocycles. The number of aliphatic hydroxyl groups is 8. The van der Waals surface area contributed by atoms with Crippen LogP contribution in [0.4, 0.5) is 0 Å². The van der Waals surface area contributed by atoms with Gasteiger partial charge < -0.3 is 69.3 Å². The summed E-state index contributed by atoms with van der Waals surface area (Å²) in [5, 5.41) is 89.3. The summed E-state index contributed by atoms with van der Waals surface area (Å²) in [6.45, 7) is -1.28. The zero-order chi connectivity index (χ0) is 30.3. The van der Waals surface area contributed by atoms with Gasteiger partial charge in [-0.1, -0.05) is 0 Å². The van der Waals surface area contributed by atoms with Gasteiger partial charge in [0.25, 0.3) is 0 Å². The molecular weight excluding hydrogens is 564 g/mol. The van der Waals surface area contributed by atoms with Crippen molar-refractivity contribution in [2.75, 3.05) is 13.2 Å². The van der Waals surface area contributed by atoms with Crippen molar-refractivity contribution in [2.24, 2.45) is 0 Å². The lowest BCUT2D eigenvalue weighted by Crippen LogP contribution is -2.60. The van der Waals surface area contributed by atoms with E-state index in [1.165, 1.54) is 30.3 Å². The van der Waals surface area contributed by atoms with Crippen LogP contribution >= 0.6 is 0 Å². The molecule has 3 aromatic rings. The minimum absolute atomic E-state index is 0.0799. The fourth-order valence-electron chi connectivity index (χ4n) is 4.75. The molecule has 0 bridgehead atoms. The largest absolute Gasteiger partial charge is 0.507 e. The van der Waals surface area contributed by atoms with Gasteiger partial charge in [-0.2, -0.15) is 0 Å². The molecule has 1 aromatic heterocycles. The van der Waals surface area contributed by atoms with E-state index in [9.17, 15) is 50.8 Å². The van der Waals surface area contributed by atoms with Crippen LogP contribution in [0.15, 0.2) is 51.7 Å². The third-order valence-electron chi connectivity index (χ3n) is 7.12. The number of phenols is 1. The molecule has 3 heterocycles. The smallest absolute Gasteiger partial charge is 0.229 e. The van der Waals surface area contributed by atoms with E-state index in [1.807, 2.05) is 0 Å². The Bertz CT molecular complexity index is 1440. The summed E-state index contributed by atoms with van der Waals surface area (Å²) < 4.78 is 27.6. The standard InChI is InChI=1S/C27H30O15/c28-8-17-20(32)22(34)24(36)26(41-17)38-11-3-1-10(2-4-11)15-7-14(31)19-13(30)5-12(6-16(19)40-15)39-27-25(37)23(35)21(33)18(9-29)42-27/h1-7,17-18,20-30,32-37H,8-9H2/t17-,18-,20-,21-,22+,23+,24-,25-,26?,27?/m1/s1. The van der Waals surface area contributed by atoms with E-state index in [2.05, 4.69) is 0 Å². The van der Waals surface area contributed by atoms with Crippen molar-refractivity contribution in [3.05, 3.63) is 52.7 Å². The minimum Gasteiger partial charge on any atom is -0.507 e. The summed E-state index contributed by atoms with van der Waals surface area (Å²) >= 11 is 0.